The van der Waals surface area contributed by atoms with Crippen LogP contribution in [0.15, 0.2) is 65.8 Å². The molecule has 220 valence electrons. The number of aromatic nitrogens is 1. The zero-order chi connectivity index (χ0) is 30.2. The number of carbonyl (C=O) groups is 2. The molecule has 41 heavy (non-hydrogen) atoms. The van der Waals surface area contributed by atoms with Crippen molar-refractivity contribution in [2.24, 2.45) is 0 Å². The van der Waals surface area contributed by atoms with Crippen LogP contribution in [0, 0.1) is 13.8 Å². The number of rotatable bonds is 7. The lowest BCUT2D eigenvalue weighted by atomic mass is 10.1. The number of pyridine rings is 1. The molecule has 3 aromatic rings. The fourth-order valence-electron chi connectivity index (χ4n) is 3.81. The lowest BCUT2D eigenvalue weighted by molar-refractivity contribution is -0.192. The number of aryl methyl sites for hydroxylation is 2. The third kappa shape index (κ3) is 8.91. The van der Waals surface area contributed by atoms with Crippen LogP contribution in [0.25, 0.3) is 0 Å². The Morgan fingerprint density at radius 1 is 1.00 bits per heavy atom. The van der Waals surface area contributed by atoms with Crippen molar-refractivity contribution in [2.75, 3.05) is 35.8 Å². The average molecular weight is 594 g/mol. The molecule has 0 unspecified atom stereocenters. The highest BCUT2D eigenvalue weighted by Gasteiger charge is 2.38. The molecule has 0 aliphatic carbocycles. The smallest absolute Gasteiger partial charge is 0.475 e. The first-order valence-corrected chi connectivity index (χ1v) is 13.9. The number of piperazine rings is 1. The largest absolute Gasteiger partial charge is 0.490 e. The van der Waals surface area contributed by atoms with E-state index in [0.717, 1.165) is 48.6 Å². The van der Waals surface area contributed by atoms with Crippen molar-refractivity contribution in [3.8, 4) is 0 Å². The van der Waals surface area contributed by atoms with Crippen LogP contribution < -0.4 is 20.3 Å². The van der Waals surface area contributed by atoms with E-state index in [0.29, 0.717) is 17.8 Å². The maximum atomic E-state index is 13.2. The van der Waals surface area contributed by atoms with Crippen LogP contribution in [0.2, 0.25) is 0 Å². The number of aliphatic carboxylic acids is 1. The van der Waals surface area contributed by atoms with Gasteiger partial charge in [0.2, 0.25) is 0 Å². The molecule has 10 nitrogen and oxygen atoms in total. The van der Waals surface area contributed by atoms with Gasteiger partial charge in [0.05, 0.1) is 16.3 Å². The highest BCUT2D eigenvalue weighted by atomic mass is 32.2. The summed E-state index contributed by atoms with van der Waals surface area (Å²) in [6.45, 7) is 7.27. The Kier molecular flexibility index (Phi) is 10.3. The van der Waals surface area contributed by atoms with E-state index < -0.39 is 22.2 Å². The molecular weight excluding hydrogens is 563 g/mol. The number of benzene rings is 2. The summed E-state index contributed by atoms with van der Waals surface area (Å²) in [6, 6.07) is 13.9. The lowest BCUT2D eigenvalue weighted by Crippen LogP contribution is -2.43. The molecule has 0 radical (unpaired) electrons. The molecule has 0 bridgehead atoms. The van der Waals surface area contributed by atoms with Gasteiger partial charge in [-0.2, -0.15) is 13.2 Å². The number of alkyl halides is 3. The van der Waals surface area contributed by atoms with Crippen molar-refractivity contribution in [3.05, 3.63) is 83.2 Å². The first-order chi connectivity index (χ1) is 19.3. The summed E-state index contributed by atoms with van der Waals surface area (Å²) in [5, 5.41) is 13.3. The lowest BCUT2D eigenvalue weighted by Gasteiger charge is -2.31. The first kappa shape index (κ1) is 31.4. The molecule has 1 aromatic heterocycles. The van der Waals surface area contributed by atoms with Crippen molar-refractivity contribution in [1.29, 1.82) is 0 Å². The topological polar surface area (TPSA) is 141 Å². The molecule has 1 fully saturated rings. The van der Waals surface area contributed by atoms with Gasteiger partial charge in [0.25, 0.3) is 15.9 Å². The Hall–Kier alpha value is -4.17. The summed E-state index contributed by atoms with van der Waals surface area (Å²) in [6.07, 6.45) is -1.74. The second-order valence-electron chi connectivity index (χ2n) is 9.16. The van der Waals surface area contributed by atoms with Crippen LogP contribution >= 0.6 is 0 Å². The van der Waals surface area contributed by atoms with Crippen molar-refractivity contribution >= 4 is 33.3 Å². The van der Waals surface area contributed by atoms with Gasteiger partial charge in [-0.15, -0.1) is 0 Å². The van der Waals surface area contributed by atoms with Gasteiger partial charge >= 0.3 is 12.1 Å². The van der Waals surface area contributed by atoms with E-state index in [1.807, 2.05) is 32.0 Å². The number of carboxylic acid groups (broad SMARTS) is 1. The predicted molar refractivity (Wildman–Crippen MR) is 147 cm³/mol. The summed E-state index contributed by atoms with van der Waals surface area (Å²) >= 11 is 0. The van der Waals surface area contributed by atoms with Gasteiger partial charge in [-0.1, -0.05) is 6.07 Å². The van der Waals surface area contributed by atoms with Gasteiger partial charge in [0.1, 0.15) is 0 Å². The van der Waals surface area contributed by atoms with Crippen LogP contribution in [-0.4, -0.2) is 62.7 Å². The Balaban J connectivity index is 0.000000587. The first-order valence-electron chi connectivity index (χ1n) is 12.4. The maximum absolute atomic E-state index is 13.2. The van der Waals surface area contributed by atoms with E-state index in [1.54, 1.807) is 42.7 Å². The highest BCUT2D eigenvalue weighted by Crippen LogP contribution is 2.30. The SMILES string of the molecule is Cc1ccc(S(=O)(=O)Nc2cc(C(=O)NCc3ccncc3)ccc2N2CCNCC2)cc1C.O=C(O)C(F)(F)F. The quantitative estimate of drug-likeness (QED) is 0.327. The summed E-state index contributed by atoms with van der Waals surface area (Å²) < 4.78 is 61.0. The molecule has 1 aliphatic rings. The summed E-state index contributed by atoms with van der Waals surface area (Å²) in [5.74, 6) is -3.04. The van der Waals surface area contributed by atoms with E-state index in [-0.39, 0.29) is 10.8 Å². The molecule has 2 aromatic carbocycles. The highest BCUT2D eigenvalue weighted by molar-refractivity contribution is 7.92. The van der Waals surface area contributed by atoms with Gasteiger partial charge in [-0.25, -0.2) is 13.2 Å². The van der Waals surface area contributed by atoms with Gasteiger partial charge in [0.15, 0.2) is 0 Å². The van der Waals surface area contributed by atoms with Crippen LogP contribution in [0.1, 0.15) is 27.0 Å². The number of sulfonamides is 1. The number of carboxylic acids is 1. The second-order valence-corrected chi connectivity index (χ2v) is 10.8. The summed E-state index contributed by atoms with van der Waals surface area (Å²) in [7, 11) is -3.84. The van der Waals surface area contributed by atoms with E-state index in [1.165, 1.54) is 0 Å². The van der Waals surface area contributed by atoms with Gasteiger partial charge in [0, 0.05) is 50.7 Å². The fraction of sp³-hybridized carbons (Fsp3) is 0.296. The molecule has 14 heteroatoms. The monoisotopic (exact) mass is 593 g/mol. The number of amides is 1. The van der Waals surface area contributed by atoms with Crippen molar-refractivity contribution in [1.82, 2.24) is 15.6 Å². The summed E-state index contributed by atoms with van der Waals surface area (Å²) in [4.78, 5) is 28.0. The van der Waals surface area contributed by atoms with Gasteiger partial charge < -0.3 is 20.6 Å². The number of carbonyl (C=O) groups excluding carboxylic acids is 1. The minimum Gasteiger partial charge on any atom is -0.475 e. The number of hydrogen-bond acceptors (Lipinski definition) is 7. The Bertz CT molecular complexity index is 1480. The van der Waals surface area contributed by atoms with Crippen molar-refractivity contribution in [2.45, 2.75) is 31.5 Å². The molecule has 1 saturated heterocycles. The average Bonchev–Trinajstić information content (AvgIpc) is 2.93. The third-order valence-corrected chi connectivity index (χ3v) is 7.56. The van der Waals surface area contributed by atoms with E-state index >= 15 is 0 Å². The molecule has 4 N–H and O–H groups in total. The van der Waals surface area contributed by atoms with Crippen LogP contribution in [0.4, 0.5) is 24.5 Å². The normalized spacial score (nSPS) is 13.5. The van der Waals surface area contributed by atoms with Gasteiger partial charge in [-0.3, -0.25) is 14.5 Å². The molecular formula is C27H30F3N5O5S. The van der Waals surface area contributed by atoms with Crippen LogP contribution in [-0.2, 0) is 21.4 Å². The Morgan fingerprint density at radius 2 is 1.63 bits per heavy atom. The van der Waals surface area contributed by atoms with Crippen LogP contribution in [0.5, 0.6) is 0 Å². The van der Waals surface area contributed by atoms with E-state index in [4.69, 9.17) is 9.90 Å². The zero-order valence-electron chi connectivity index (χ0n) is 22.3. The molecule has 1 amide bonds. The zero-order valence-corrected chi connectivity index (χ0v) is 23.1. The number of nitrogens with one attached hydrogen (secondary N) is 3. The molecule has 0 atom stereocenters. The van der Waals surface area contributed by atoms with E-state index in [2.05, 4.69) is 25.2 Å². The van der Waals surface area contributed by atoms with Crippen molar-refractivity contribution < 1.29 is 36.3 Å². The standard InChI is InChI=1S/C25H29N5O3S.C2HF3O2/c1-18-3-5-22(15-19(18)2)34(32,33)29-23-16-21(4-6-24(23)30-13-11-27-12-14-30)25(31)28-17-20-7-9-26-10-8-20;3-2(4,5)1(6)7/h3-10,15-16,27,29H,11-14,17H2,1-2H3,(H,28,31);(H,6,7). The van der Waals surface area contributed by atoms with E-state index in [9.17, 15) is 26.4 Å². The van der Waals surface area contributed by atoms with Gasteiger partial charge in [-0.05, 0) is 73.0 Å². The predicted octanol–water partition coefficient (Wildman–Crippen LogP) is 3.47. The second kappa shape index (κ2) is 13.5. The number of anilines is 2. The molecule has 2 heterocycles. The molecule has 0 saturated carbocycles. The number of hydrogen-bond donors (Lipinski definition) is 4. The molecule has 1 aliphatic heterocycles. The Morgan fingerprint density at radius 3 is 2.22 bits per heavy atom. The maximum Gasteiger partial charge on any atom is 0.490 e. The molecule has 0 spiro atoms. The third-order valence-electron chi connectivity index (χ3n) is 6.19. The number of halogens is 3. The summed E-state index contributed by atoms with van der Waals surface area (Å²) in [5.41, 5.74) is 4.36. The van der Waals surface area contributed by atoms with Crippen LogP contribution in [0.3, 0.4) is 0 Å². The minimum atomic E-state index is -5.08. The molecule has 4 rings (SSSR count). The number of nitrogens with zero attached hydrogens (tertiary/aromatic N) is 2. The Labute approximate surface area is 235 Å². The fourth-order valence-corrected chi connectivity index (χ4v) is 4.96. The minimum absolute atomic E-state index is 0.189. The van der Waals surface area contributed by atoms with Crippen molar-refractivity contribution in [3.63, 3.8) is 0 Å².